The van der Waals surface area contributed by atoms with Crippen molar-refractivity contribution >= 4 is 17.5 Å². The molecule has 3 aromatic rings. The van der Waals surface area contributed by atoms with Crippen LogP contribution in [0.2, 0.25) is 5.02 Å². The number of hydrogen-bond donors (Lipinski definition) is 0. The van der Waals surface area contributed by atoms with Gasteiger partial charge in [-0.1, -0.05) is 29.8 Å². The molecule has 1 aliphatic rings. The Morgan fingerprint density at radius 3 is 2.81 bits per heavy atom. The molecule has 1 aromatic carbocycles. The Morgan fingerprint density at radius 2 is 2.00 bits per heavy atom. The lowest BCUT2D eigenvalue weighted by Crippen LogP contribution is -2.38. The summed E-state index contributed by atoms with van der Waals surface area (Å²) in [6, 6.07) is 7.50. The number of oxazole rings is 1. The van der Waals surface area contributed by atoms with Crippen molar-refractivity contribution in [2.45, 2.75) is 31.7 Å². The summed E-state index contributed by atoms with van der Waals surface area (Å²) in [4.78, 5) is 27.0. The van der Waals surface area contributed by atoms with Gasteiger partial charge in [0.1, 0.15) is 18.1 Å². The Bertz CT molecular complexity index is 928. The fraction of sp³-hybridized carbons (Fsp3) is 0.300. The van der Waals surface area contributed by atoms with Gasteiger partial charge in [0.05, 0.1) is 11.8 Å². The first-order valence-corrected chi connectivity index (χ1v) is 9.34. The van der Waals surface area contributed by atoms with E-state index in [1.54, 1.807) is 18.6 Å². The molecule has 0 saturated carbocycles. The van der Waals surface area contributed by atoms with Crippen LogP contribution >= 0.6 is 11.6 Å². The van der Waals surface area contributed by atoms with Crippen molar-refractivity contribution in [3.05, 3.63) is 77.0 Å². The van der Waals surface area contributed by atoms with Gasteiger partial charge in [0.15, 0.2) is 0 Å². The summed E-state index contributed by atoms with van der Waals surface area (Å²) in [5.74, 6) is 1.22. The number of halogens is 1. The second-order valence-electron chi connectivity index (χ2n) is 6.57. The first kappa shape index (κ1) is 17.7. The van der Waals surface area contributed by atoms with Gasteiger partial charge in [0, 0.05) is 30.4 Å². The lowest BCUT2D eigenvalue weighted by molar-refractivity contribution is 0.0569. The van der Waals surface area contributed by atoms with E-state index in [1.807, 2.05) is 29.2 Å². The fourth-order valence-corrected chi connectivity index (χ4v) is 3.60. The molecule has 0 bridgehead atoms. The molecule has 3 heterocycles. The van der Waals surface area contributed by atoms with Gasteiger partial charge in [0.2, 0.25) is 5.89 Å². The van der Waals surface area contributed by atoms with Crippen molar-refractivity contribution in [1.82, 2.24) is 19.9 Å². The van der Waals surface area contributed by atoms with Crippen LogP contribution in [-0.2, 0) is 6.42 Å². The molecule has 0 radical (unpaired) electrons. The van der Waals surface area contributed by atoms with E-state index in [2.05, 4.69) is 15.0 Å². The molecule has 1 amide bonds. The minimum absolute atomic E-state index is 0.0915. The summed E-state index contributed by atoms with van der Waals surface area (Å²) < 4.78 is 6.00. The minimum Gasteiger partial charge on any atom is -0.443 e. The van der Waals surface area contributed by atoms with E-state index in [4.69, 9.17) is 16.0 Å². The summed E-state index contributed by atoms with van der Waals surface area (Å²) in [6.45, 7) is 0.667. The number of rotatable bonds is 4. The highest BCUT2D eigenvalue weighted by Crippen LogP contribution is 2.32. The van der Waals surface area contributed by atoms with E-state index in [0.717, 1.165) is 30.6 Å². The molecule has 6 nitrogen and oxygen atoms in total. The van der Waals surface area contributed by atoms with Gasteiger partial charge in [-0.05, 0) is 30.9 Å². The van der Waals surface area contributed by atoms with Crippen molar-refractivity contribution in [1.29, 1.82) is 0 Å². The maximum atomic E-state index is 12.9. The van der Waals surface area contributed by atoms with E-state index >= 15 is 0 Å². The van der Waals surface area contributed by atoms with Gasteiger partial charge in [-0.25, -0.2) is 15.0 Å². The highest BCUT2D eigenvalue weighted by atomic mass is 35.5. The zero-order valence-corrected chi connectivity index (χ0v) is 15.5. The lowest BCUT2D eigenvalue weighted by Gasteiger charge is -2.33. The molecule has 138 valence electrons. The van der Waals surface area contributed by atoms with Crippen LogP contribution in [0.3, 0.4) is 0 Å². The third-order valence-corrected chi connectivity index (χ3v) is 5.12. The van der Waals surface area contributed by atoms with E-state index in [1.165, 1.54) is 6.33 Å². The maximum absolute atomic E-state index is 12.9. The Labute approximate surface area is 162 Å². The number of amides is 1. The Morgan fingerprint density at radius 1 is 1.19 bits per heavy atom. The molecule has 0 N–H and O–H groups in total. The number of hydrogen-bond acceptors (Lipinski definition) is 5. The van der Waals surface area contributed by atoms with Gasteiger partial charge in [-0.3, -0.25) is 4.79 Å². The molecule has 27 heavy (non-hydrogen) atoms. The lowest BCUT2D eigenvalue weighted by atomic mass is 10.0. The molecule has 1 saturated heterocycles. The molecule has 1 fully saturated rings. The van der Waals surface area contributed by atoms with Crippen molar-refractivity contribution in [2.24, 2.45) is 0 Å². The Hall–Kier alpha value is -2.73. The average Bonchev–Trinajstić information content (AvgIpc) is 3.18. The van der Waals surface area contributed by atoms with Crippen LogP contribution in [-0.4, -0.2) is 32.3 Å². The molecule has 1 atom stereocenters. The molecule has 0 aliphatic carbocycles. The number of carbonyl (C=O) groups excluding carboxylic acids is 1. The average molecular weight is 383 g/mol. The first-order valence-electron chi connectivity index (χ1n) is 8.96. The Balaban J connectivity index is 1.55. The minimum atomic E-state index is -0.175. The smallest absolute Gasteiger partial charge is 0.257 e. The number of nitrogens with zero attached hydrogens (tertiary/aromatic N) is 4. The molecule has 4 rings (SSSR count). The molecule has 7 heteroatoms. The highest BCUT2D eigenvalue weighted by Gasteiger charge is 2.32. The third-order valence-electron chi connectivity index (χ3n) is 4.75. The van der Waals surface area contributed by atoms with Gasteiger partial charge < -0.3 is 9.32 Å². The zero-order chi connectivity index (χ0) is 18.6. The van der Waals surface area contributed by atoms with E-state index < -0.39 is 0 Å². The highest BCUT2D eigenvalue weighted by molar-refractivity contribution is 6.31. The fourth-order valence-electron chi connectivity index (χ4n) is 3.39. The quantitative estimate of drug-likeness (QED) is 0.679. The molecule has 0 spiro atoms. The van der Waals surface area contributed by atoms with Crippen LogP contribution < -0.4 is 0 Å². The number of carbonyl (C=O) groups is 1. The van der Waals surface area contributed by atoms with E-state index in [-0.39, 0.29) is 11.9 Å². The number of piperidine rings is 1. The molecular weight excluding hydrogens is 364 g/mol. The van der Waals surface area contributed by atoms with Crippen LogP contribution in [0.4, 0.5) is 0 Å². The SMILES string of the molecule is O=C(c1cncnc1)N1CCCC[C@@H]1c1ncc(Cc2ccccc2Cl)o1. The number of benzene rings is 1. The normalized spacial score (nSPS) is 17.1. The number of likely N-dealkylation sites (tertiary alicyclic amines) is 1. The van der Waals surface area contributed by atoms with Crippen LogP contribution in [0.25, 0.3) is 0 Å². The van der Waals surface area contributed by atoms with Crippen LogP contribution in [0.15, 0.2) is 53.6 Å². The molecule has 1 aliphatic heterocycles. The van der Waals surface area contributed by atoms with Gasteiger partial charge in [-0.15, -0.1) is 0 Å². The summed E-state index contributed by atoms with van der Waals surface area (Å²) in [7, 11) is 0. The predicted molar refractivity (Wildman–Crippen MR) is 100 cm³/mol. The summed E-state index contributed by atoms with van der Waals surface area (Å²) in [6.07, 6.45) is 9.61. The summed E-state index contributed by atoms with van der Waals surface area (Å²) in [5.41, 5.74) is 1.46. The van der Waals surface area contributed by atoms with Crippen LogP contribution in [0, 0.1) is 0 Å². The topological polar surface area (TPSA) is 72.1 Å². The standard InChI is InChI=1S/C20H19ClN4O2/c21-17-6-2-1-5-14(17)9-16-12-24-19(27-16)18-7-3-4-8-25(18)20(26)15-10-22-13-23-11-15/h1-2,5-6,10-13,18H,3-4,7-9H2/t18-/m1/s1. The molecule has 0 unspecified atom stereocenters. The maximum Gasteiger partial charge on any atom is 0.257 e. The van der Waals surface area contributed by atoms with Crippen molar-refractivity contribution < 1.29 is 9.21 Å². The van der Waals surface area contributed by atoms with Gasteiger partial charge in [-0.2, -0.15) is 0 Å². The summed E-state index contributed by atoms with van der Waals surface area (Å²) >= 11 is 6.24. The summed E-state index contributed by atoms with van der Waals surface area (Å²) in [5, 5.41) is 0.703. The van der Waals surface area contributed by atoms with Crippen LogP contribution in [0.1, 0.15) is 52.9 Å². The van der Waals surface area contributed by atoms with Crippen molar-refractivity contribution in [3.63, 3.8) is 0 Å². The second-order valence-corrected chi connectivity index (χ2v) is 6.98. The van der Waals surface area contributed by atoms with E-state index in [9.17, 15) is 4.79 Å². The Kier molecular flexibility index (Phi) is 5.16. The largest absolute Gasteiger partial charge is 0.443 e. The molecule has 2 aromatic heterocycles. The van der Waals surface area contributed by atoms with Crippen molar-refractivity contribution in [2.75, 3.05) is 6.54 Å². The second kappa shape index (κ2) is 7.88. The predicted octanol–water partition coefficient (Wildman–Crippen LogP) is 4.08. The van der Waals surface area contributed by atoms with Crippen LogP contribution in [0.5, 0.6) is 0 Å². The zero-order valence-electron chi connectivity index (χ0n) is 14.7. The molecular formula is C20H19ClN4O2. The van der Waals surface area contributed by atoms with Gasteiger partial charge in [0.25, 0.3) is 5.91 Å². The van der Waals surface area contributed by atoms with Crippen molar-refractivity contribution in [3.8, 4) is 0 Å². The monoisotopic (exact) mass is 382 g/mol. The first-order chi connectivity index (χ1) is 13.2. The number of aromatic nitrogens is 3. The third kappa shape index (κ3) is 3.85. The van der Waals surface area contributed by atoms with E-state index in [0.29, 0.717) is 29.4 Å². The van der Waals surface area contributed by atoms with Gasteiger partial charge >= 0.3 is 0 Å².